The van der Waals surface area contributed by atoms with Crippen LogP contribution in [-0.4, -0.2) is 18.3 Å². The van der Waals surface area contributed by atoms with Crippen molar-refractivity contribution < 1.29 is 22.7 Å². The topological polar surface area (TPSA) is 29.5 Å². The lowest BCUT2D eigenvalue weighted by Gasteiger charge is -2.31. The van der Waals surface area contributed by atoms with E-state index >= 15 is 0 Å². The minimum Gasteiger partial charge on any atom is -0.406 e. The molecule has 0 aromatic heterocycles. The highest BCUT2D eigenvalue weighted by Gasteiger charge is 2.31. The largest absolute Gasteiger partial charge is 0.573 e. The van der Waals surface area contributed by atoms with Crippen LogP contribution in [0.3, 0.4) is 0 Å². The molecule has 0 heterocycles. The highest BCUT2D eigenvalue weighted by atomic mass is 19.4. The van der Waals surface area contributed by atoms with Gasteiger partial charge >= 0.3 is 6.36 Å². The number of carbonyl (C=O) groups is 1. The molecule has 1 aromatic carbocycles. The Morgan fingerprint density at radius 1 is 1.27 bits per heavy atom. The van der Waals surface area contributed by atoms with Crippen molar-refractivity contribution in [3.8, 4) is 5.75 Å². The Kier molecular flexibility index (Phi) is 6.26. The van der Waals surface area contributed by atoms with Crippen LogP contribution >= 0.6 is 0 Å². The lowest BCUT2D eigenvalue weighted by atomic mass is 10.1. The van der Waals surface area contributed by atoms with Crippen LogP contribution in [-0.2, 0) is 4.79 Å². The second-order valence-electron chi connectivity index (χ2n) is 5.55. The van der Waals surface area contributed by atoms with Gasteiger partial charge in [0.15, 0.2) is 0 Å². The zero-order valence-electron chi connectivity index (χ0n) is 13.3. The van der Waals surface area contributed by atoms with Crippen molar-refractivity contribution in [2.24, 2.45) is 5.92 Å². The van der Waals surface area contributed by atoms with E-state index in [9.17, 15) is 18.0 Å². The molecule has 0 radical (unpaired) electrons. The lowest BCUT2D eigenvalue weighted by Crippen LogP contribution is -2.41. The van der Waals surface area contributed by atoms with E-state index < -0.39 is 6.36 Å². The summed E-state index contributed by atoms with van der Waals surface area (Å²) in [6, 6.07) is 5.45. The molecule has 1 aromatic rings. The first kappa shape index (κ1) is 18.3. The van der Waals surface area contributed by atoms with Gasteiger partial charge in [0.05, 0.1) is 0 Å². The van der Waals surface area contributed by atoms with Gasteiger partial charge in [-0.25, -0.2) is 0 Å². The van der Waals surface area contributed by atoms with Crippen LogP contribution in [0.1, 0.15) is 40.5 Å². The summed E-state index contributed by atoms with van der Waals surface area (Å²) in [5.41, 5.74) is 0.418. The van der Waals surface area contributed by atoms with Gasteiger partial charge in [0, 0.05) is 23.7 Å². The number of hydrogen-bond donors (Lipinski definition) is 0. The summed E-state index contributed by atoms with van der Waals surface area (Å²) in [5.74, 6) is -0.688. The molecule has 0 N–H and O–H groups in total. The summed E-state index contributed by atoms with van der Waals surface area (Å²) >= 11 is 0. The first-order valence-electron chi connectivity index (χ1n) is 7.34. The van der Waals surface area contributed by atoms with Gasteiger partial charge in [-0.1, -0.05) is 33.3 Å². The van der Waals surface area contributed by atoms with Crippen LogP contribution < -0.4 is 9.64 Å². The van der Waals surface area contributed by atoms with Crippen LogP contribution in [0.15, 0.2) is 24.3 Å². The van der Waals surface area contributed by atoms with E-state index in [1.807, 2.05) is 13.8 Å². The van der Waals surface area contributed by atoms with Crippen molar-refractivity contribution in [2.75, 3.05) is 4.90 Å². The molecular weight excluding hydrogens is 295 g/mol. The number of hydrogen-bond acceptors (Lipinski definition) is 2. The Morgan fingerprint density at radius 2 is 1.91 bits per heavy atom. The van der Waals surface area contributed by atoms with Crippen molar-refractivity contribution >= 4 is 11.6 Å². The highest BCUT2D eigenvalue weighted by molar-refractivity contribution is 5.95. The fourth-order valence-electron chi connectivity index (χ4n) is 2.25. The summed E-state index contributed by atoms with van der Waals surface area (Å²) < 4.78 is 40.9. The first-order valence-corrected chi connectivity index (χ1v) is 7.34. The number of ether oxygens (including phenoxy) is 1. The molecule has 0 saturated carbocycles. The number of nitrogens with zero attached hydrogens (tertiary/aromatic N) is 1. The SMILES string of the molecule is CCCC(C)N(C(=O)C(C)C)c1cccc(OC(F)(F)F)c1. The van der Waals surface area contributed by atoms with Gasteiger partial charge in [-0.3, -0.25) is 4.79 Å². The van der Waals surface area contributed by atoms with Crippen molar-refractivity contribution in [1.82, 2.24) is 0 Å². The molecule has 0 spiro atoms. The van der Waals surface area contributed by atoms with E-state index in [-0.39, 0.29) is 23.6 Å². The Bertz CT molecular complexity index is 500. The Morgan fingerprint density at radius 3 is 2.41 bits per heavy atom. The van der Waals surface area contributed by atoms with E-state index in [4.69, 9.17) is 0 Å². The zero-order chi connectivity index (χ0) is 16.9. The predicted octanol–water partition coefficient (Wildman–Crippen LogP) is 4.76. The lowest BCUT2D eigenvalue weighted by molar-refractivity contribution is -0.274. The quantitative estimate of drug-likeness (QED) is 0.757. The molecule has 0 aliphatic rings. The molecule has 0 aliphatic heterocycles. The second kappa shape index (κ2) is 7.51. The number of amides is 1. The summed E-state index contributed by atoms with van der Waals surface area (Å²) in [4.78, 5) is 14.0. The van der Waals surface area contributed by atoms with Gasteiger partial charge in [0.2, 0.25) is 5.91 Å². The molecule has 6 heteroatoms. The molecule has 0 fully saturated rings. The first-order chi connectivity index (χ1) is 10.2. The average molecular weight is 317 g/mol. The van der Waals surface area contributed by atoms with E-state index in [1.165, 1.54) is 18.2 Å². The third-order valence-corrected chi connectivity index (χ3v) is 3.21. The zero-order valence-corrected chi connectivity index (χ0v) is 13.3. The number of halogens is 3. The van der Waals surface area contributed by atoms with Crippen molar-refractivity contribution in [1.29, 1.82) is 0 Å². The Labute approximate surface area is 129 Å². The molecule has 3 nitrogen and oxygen atoms in total. The maximum atomic E-state index is 12.4. The van der Waals surface area contributed by atoms with E-state index in [1.54, 1.807) is 24.8 Å². The van der Waals surface area contributed by atoms with Crippen LogP contribution in [0.25, 0.3) is 0 Å². The highest BCUT2D eigenvalue weighted by Crippen LogP contribution is 2.29. The number of alkyl halides is 3. The summed E-state index contributed by atoms with van der Waals surface area (Å²) in [7, 11) is 0. The molecule has 1 amide bonds. The molecular formula is C16H22F3NO2. The third kappa shape index (κ3) is 5.24. The molecule has 22 heavy (non-hydrogen) atoms. The van der Waals surface area contributed by atoms with Gasteiger partial charge < -0.3 is 9.64 Å². The number of anilines is 1. The van der Waals surface area contributed by atoms with Crippen LogP contribution in [0.4, 0.5) is 18.9 Å². The maximum Gasteiger partial charge on any atom is 0.573 e. The summed E-state index contributed by atoms with van der Waals surface area (Å²) in [5, 5.41) is 0. The van der Waals surface area contributed by atoms with Gasteiger partial charge in [0.1, 0.15) is 5.75 Å². The van der Waals surface area contributed by atoms with Crippen molar-refractivity contribution in [3.63, 3.8) is 0 Å². The fourth-order valence-corrected chi connectivity index (χ4v) is 2.25. The maximum absolute atomic E-state index is 12.4. The summed E-state index contributed by atoms with van der Waals surface area (Å²) in [6.07, 6.45) is -3.11. The number of benzene rings is 1. The van der Waals surface area contributed by atoms with Gasteiger partial charge in [0.25, 0.3) is 0 Å². The van der Waals surface area contributed by atoms with Gasteiger partial charge in [-0.2, -0.15) is 0 Å². The average Bonchev–Trinajstić information content (AvgIpc) is 2.37. The van der Waals surface area contributed by atoms with Crippen LogP contribution in [0.5, 0.6) is 5.75 Å². The molecule has 0 aliphatic carbocycles. The van der Waals surface area contributed by atoms with Crippen molar-refractivity contribution in [3.05, 3.63) is 24.3 Å². The minimum absolute atomic E-state index is 0.0963. The van der Waals surface area contributed by atoms with Crippen molar-refractivity contribution in [2.45, 2.75) is 52.9 Å². The summed E-state index contributed by atoms with van der Waals surface area (Å²) in [6.45, 7) is 7.42. The monoisotopic (exact) mass is 317 g/mol. The molecule has 0 bridgehead atoms. The molecule has 1 atom stereocenters. The van der Waals surface area contributed by atoms with Crippen LogP contribution in [0, 0.1) is 5.92 Å². The Hall–Kier alpha value is -1.72. The van der Waals surface area contributed by atoms with E-state index in [2.05, 4.69) is 4.74 Å². The van der Waals surface area contributed by atoms with Gasteiger partial charge in [-0.15, -0.1) is 13.2 Å². The Balaban J connectivity index is 3.14. The number of carbonyl (C=O) groups excluding carboxylic acids is 1. The molecule has 1 rings (SSSR count). The van der Waals surface area contributed by atoms with Crippen LogP contribution in [0.2, 0.25) is 0 Å². The van der Waals surface area contributed by atoms with E-state index in [0.717, 1.165) is 12.8 Å². The van der Waals surface area contributed by atoms with Gasteiger partial charge in [-0.05, 0) is 25.5 Å². The molecule has 124 valence electrons. The normalized spacial score (nSPS) is 13.1. The fraction of sp³-hybridized carbons (Fsp3) is 0.562. The smallest absolute Gasteiger partial charge is 0.406 e. The minimum atomic E-state index is -4.75. The third-order valence-electron chi connectivity index (χ3n) is 3.21. The second-order valence-corrected chi connectivity index (χ2v) is 5.55. The molecule has 0 saturated heterocycles. The van der Waals surface area contributed by atoms with E-state index in [0.29, 0.717) is 5.69 Å². The standard InChI is InChI=1S/C16H22F3NO2/c1-5-7-12(4)20(15(21)11(2)3)13-8-6-9-14(10-13)22-16(17,18)19/h6,8-12H,5,7H2,1-4H3. The number of rotatable bonds is 6. The predicted molar refractivity (Wildman–Crippen MR) is 79.8 cm³/mol. The molecule has 1 unspecified atom stereocenters.